The van der Waals surface area contributed by atoms with Crippen LogP contribution >= 0.6 is 0 Å². The lowest BCUT2D eigenvalue weighted by atomic mass is 10.3. The van der Waals surface area contributed by atoms with Crippen molar-refractivity contribution in [1.29, 1.82) is 0 Å². The van der Waals surface area contributed by atoms with Gasteiger partial charge in [0.25, 0.3) is 0 Å². The summed E-state index contributed by atoms with van der Waals surface area (Å²) in [5.41, 5.74) is 3.10. The number of aromatic nitrogens is 3. The lowest BCUT2D eigenvalue weighted by molar-refractivity contribution is 0.776. The molecule has 0 radical (unpaired) electrons. The van der Waals surface area contributed by atoms with Crippen molar-refractivity contribution in [1.82, 2.24) is 14.5 Å². The molecule has 0 unspecified atom stereocenters. The van der Waals surface area contributed by atoms with Gasteiger partial charge in [-0.3, -0.25) is 4.98 Å². The molecular weight excluding hydrogens is 200 g/mol. The van der Waals surface area contributed by atoms with E-state index in [0.717, 1.165) is 29.6 Å². The summed E-state index contributed by atoms with van der Waals surface area (Å²) in [7, 11) is 1.88. The normalized spacial score (nSPS) is 10.4. The second kappa shape index (κ2) is 4.35. The molecule has 2 aromatic heterocycles. The van der Waals surface area contributed by atoms with Gasteiger partial charge in [-0.05, 0) is 26.0 Å². The molecule has 0 aliphatic heterocycles. The van der Waals surface area contributed by atoms with E-state index in [0.29, 0.717) is 0 Å². The molecule has 4 nitrogen and oxygen atoms in total. The Hall–Kier alpha value is -1.84. The zero-order valence-electron chi connectivity index (χ0n) is 9.86. The first-order valence-corrected chi connectivity index (χ1v) is 5.33. The first kappa shape index (κ1) is 10.7. The van der Waals surface area contributed by atoms with Crippen LogP contribution in [0.2, 0.25) is 0 Å². The fourth-order valence-corrected chi connectivity index (χ4v) is 1.73. The first-order valence-electron chi connectivity index (χ1n) is 5.33. The van der Waals surface area contributed by atoms with E-state index >= 15 is 0 Å². The predicted octanol–water partition coefficient (Wildman–Crippen LogP) is 1.98. The number of nitrogens with one attached hydrogen (secondary N) is 1. The van der Waals surface area contributed by atoms with Gasteiger partial charge in [-0.25, -0.2) is 4.98 Å². The van der Waals surface area contributed by atoms with Gasteiger partial charge in [0.05, 0.1) is 17.9 Å². The van der Waals surface area contributed by atoms with Crippen molar-refractivity contribution in [3.05, 3.63) is 41.5 Å². The Morgan fingerprint density at radius 1 is 1.19 bits per heavy atom. The lowest BCUT2D eigenvalue weighted by Crippen LogP contribution is -2.05. The fraction of sp³-hybridized carbons (Fsp3) is 0.333. The van der Waals surface area contributed by atoms with Crippen LogP contribution < -0.4 is 5.32 Å². The highest BCUT2D eigenvalue weighted by Crippen LogP contribution is 2.10. The average Bonchev–Trinajstić information content (AvgIpc) is 2.59. The van der Waals surface area contributed by atoms with Crippen LogP contribution in [0.4, 0.5) is 5.95 Å². The Morgan fingerprint density at radius 2 is 2.00 bits per heavy atom. The molecule has 84 valence electrons. The summed E-state index contributed by atoms with van der Waals surface area (Å²) in [4.78, 5) is 8.85. The van der Waals surface area contributed by atoms with Crippen molar-refractivity contribution in [2.45, 2.75) is 20.4 Å². The number of rotatable bonds is 3. The molecular formula is C12H16N4. The third kappa shape index (κ3) is 2.21. The summed E-state index contributed by atoms with van der Waals surface area (Å²) in [6.07, 6.45) is 2.02. The van der Waals surface area contributed by atoms with Gasteiger partial charge in [0, 0.05) is 18.9 Å². The van der Waals surface area contributed by atoms with E-state index in [1.54, 1.807) is 0 Å². The zero-order valence-corrected chi connectivity index (χ0v) is 9.86. The van der Waals surface area contributed by atoms with Gasteiger partial charge in [0.1, 0.15) is 0 Å². The van der Waals surface area contributed by atoms with Crippen LogP contribution in [0.3, 0.4) is 0 Å². The maximum atomic E-state index is 4.48. The summed E-state index contributed by atoms with van der Waals surface area (Å²) < 4.78 is 2.07. The monoisotopic (exact) mass is 216 g/mol. The molecule has 0 fully saturated rings. The van der Waals surface area contributed by atoms with Crippen LogP contribution in [-0.2, 0) is 6.54 Å². The molecule has 2 heterocycles. The van der Waals surface area contributed by atoms with E-state index in [2.05, 4.69) is 19.9 Å². The molecule has 0 saturated carbocycles. The van der Waals surface area contributed by atoms with Gasteiger partial charge in [0.15, 0.2) is 0 Å². The van der Waals surface area contributed by atoms with Gasteiger partial charge in [-0.15, -0.1) is 0 Å². The highest BCUT2D eigenvalue weighted by molar-refractivity contribution is 5.28. The SMILES string of the molecule is CNc1nc(C)cn1Cc1cccc(C)n1. The van der Waals surface area contributed by atoms with Crippen molar-refractivity contribution < 1.29 is 0 Å². The van der Waals surface area contributed by atoms with E-state index in [1.165, 1.54) is 0 Å². The second-order valence-electron chi connectivity index (χ2n) is 3.85. The van der Waals surface area contributed by atoms with E-state index in [1.807, 2.05) is 45.3 Å². The van der Waals surface area contributed by atoms with Gasteiger partial charge in [-0.2, -0.15) is 0 Å². The van der Waals surface area contributed by atoms with Crippen LogP contribution in [0.1, 0.15) is 17.1 Å². The van der Waals surface area contributed by atoms with Crippen LogP contribution in [0.15, 0.2) is 24.4 Å². The average molecular weight is 216 g/mol. The molecule has 0 aliphatic rings. The van der Waals surface area contributed by atoms with Crippen LogP contribution in [0, 0.1) is 13.8 Å². The topological polar surface area (TPSA) is 42.7 Å². The van der Waals surface area contributed by atoms with E-state index in [-0.39, 0.29) is 0 Å². The molecule has 16 heavy (non-hydrogen) atoms. The number of imidazole rings is 1. The van der Waals surface area contributed by atoms with Crippen molar-refractivity contribution in [3.63, 3.8) is 0 Å². The van der Waals surface area contributed by atoms with E-state index < -0.39 is 0 Å². The van der Waals surface area contributed by atoms with Crippen molar-refractivity contribution in [2.24, 2.45) is 0 Å². The Bertz CT molecular complexity index is 488. The molecule has 0 aliphatic carbocycles. The third-order valence-electron chi connectivity index (χ3n) is 2.40. The Labute approximate surface area is 95.4 Å². The van der Waals surface area contributed by atoms with Crippen molar-refractivity contribution in [3.8, 4) is 0 Å². The minimum Gasteiger partial charge on any atom is -0.359 e. The molecule has 0 saturated heterocycles. The summed E-state index contributed by atoms with van der Waals surface area (Å²) in [5, 5.41) is 3.08. The number of anilines is 1. The number of hydrogen-bond acceptors (Lipinski definition) is 3. The predicted molar refractivity (Wildman–Crippen MR) is 64.6 cm³/mol. The van der Waals surface area contributed by atoms with Crippen LogP contribution in [0.5, 0.6) is 0 Å². The van der Waals surface area contributed by atoms with Crippen LogP contribution in [-0.4, -0.2) is 21.6 Å². The smallest absolute Gasteiger partial charge is 0.203 e. The molecule has 0 amide bonds. The quantitative estimate of drug-likeness (QED) is 0.853. The molecule has 0 spiro atoms. The molecule has 2 aromatic rings. The molecule has 0 atom stereocenters. The van der Waals surface area contributed by atoms with Crippen LogP contribution in [0.25, 0.3) is 0 Å². The van der Waals surface area contributed by atoms with Crippen molar-refractivity contribution >= 4 is 5.95 Å². The van der Waals surface area contributed by atoms with Gasteiger partial charge in [-0.1, -0.05) is 6.07 Å². The highest BCUT2D eigenvalue weighted by Gasteiger charge is 2.04. The summed E-state index contributed by atoms with van der Waals surface area (Å²) in [5.74, 6) is 0.876. The number of nitrogens with zero attached hydrogens (tertiary/aromatic N) is 3. The van der Waals surface area contributed by atoms with Gasteiger partial charge < -0.3 is 9.88 Å². The van der Waals surface area contributed by atoms with E-state index in [9.17, 15) is 0 Å². The maximum absolute atomic E-state index is 4.48. The summed E-state index contributed by atoms with van der Waals surface area (Å²) >= 11 is 0. The third-order valence-corrected chi connectivity index (χ3v) is 2.40. The number of hydrogen-bond donors (Lipinski definition) is 1. The fourth-order valence-electron chi connectivity index (χ4n) is 1.73. The zero-order chi connectivity index (χ0) is 11.5. The Balaban J connectivity index is 2.26. The first-order chi connectivity index (χ1) is 7.69. The minimum absolute atomic E-state index is 0.749. The molecule has 4 heteroatoms. The Kier molecular flexibility index (Phi) is 2.90. The molecule has 0 bridgehead atoms. The minimum atomic E-state index is 0.749. The summed E-state index contributed by atoms with van der Waals surface area (Å²) in [6, 6.07) is 6.06. The number of aryl methyl sites for hydroxylation is 2. The molecule has 0 aromatic carbocycles. The molecule has 2 rings (SSSR count). The van der Waals surface area contributed by atoms with Crippen molar-refractivity contribution in [2.75, 3.05) is 12.4 Å². The second-order valence-corrected chi connectivity index (χ2v) is 3.85. The maximum Gasteiger partial charge on any atom is 0.203 e. The standard InChI is InChI=1S/C12H16N4/c1-9-5-4-6-11(14-9)8-16-7-10(2)15-12(16)13-3/h4-7H,8H2,1-3H3,(H,13,15). The summed E-state index contributed by atoms with van der Waals surface area (Å²) in [6.45, 7) is 4.74. The molecule has 1 N–H and O–H groups in total. The largest absolute Gasteiger partial charge is 0.359 e. The lowest BCUT2D eigenvalue weighted by Gasteiger charge is -2.06. The highest BCUT2D eigenvalue weighted by atomic mass is 15.2. The van der Waals surface area contributed by atoms with Gasteiger partial charge in [0.2, 0.25) is 5.95 Å². The van der Waals surface area contributed by atoms with E-state index in [4.69, 9.17) is 0 Å². The van der Waals surface area contributed by atoms with Gasteiger partial charge >= 0.3 is 0 Å². The number of pyridine rings is 1. The Morgan fingerprint density at radius 3 is 2.69 bits per heavy atom.